The molecule has 21 heavy (non-hydrogen) atoms. The number of hydrogen-bond acceptors (Lipinski definition) is 4. The Labute approximate surface area is 128 Å². The lowest BCUT2D eigenvalue weighted by Crippen LogP contribution is -2.21. The molecule has 1 amide bonds. The summed E-state index contributed by atoms with van der Waals surface area (Å²) < 4.78 is 2.02. The van der Waals surface area contributed by atoms with Crippen molar-refractivity contribution in [1.82, 2.24) is 14.7 Å². The molecule has 0 aliphatic heterocycles. The van der Waals surface area contributed by atoms with Crippen LogP contribution in [0.4, 0.5) is 0 Å². The molecule has 3 aromatic heterocycles. The van der Waals surface area contributed by atoms with E-state index in [1.54, 1.807) is 11.3 Å². The van der Waals surface area contributed by atoms with E-state index in [0.717, 1.165) is 20.9 Å². The van der Waals surface area contributed by atoms with Gasteiger partial charge < -0.3 is 5.32 Å². The van der Waals surface area contributed by atoms with Gasteiger partial charge >= 0.3 is 0 Å². The van der Waals surface area contributed by atoms with Gasteiger partial charge in [-0.1, -0.05) is 30.3 Å². The zero-order valence-corrected chi connectivity index (χ0v) is 12.6. The molecule has 4 nitrogen and oxygen atoms in total. The van der Waals surface area contributed by atoms with Gasteiger partial charge in [-0.2, -0.15) is 0 Å². The average molecular weight is 313 g/mol. The zero-order valence-electron chi connectivity index (χ0n) is 10.9. The molecule has 1 aromatic carbocycles. The quantitative estimate of drug-likeness (QED) is 0.629. The zero-order chi connectivity index (χ0) is 14.2. The molecular formula is C15H11N3OS2. The highest BCUT2D eigenvalue weighted by atomic mass is 32.1. The minimum atomic E-state index is -0.0502. The highest BCUT2D eigenvalue weighted by Crippen LogP contribution is 2.28. The van der Waals surface area contributed by atoms with Crippen molar-refractivity contribution in [1.29, 1.82) is 0 Å². The van der Waals surface area contributed by atoms with Crippen LogP contribution in [0.15, 0.2) is 48.0 Å². The fourth-order valence-corrected chi connectivity index (χ4v) is 3.94. The Hall–Kier alpha value is -2.18. The maximum absolute atomic E-state index is 12.2. The Balaban J connectivity index is 1.57. The number of aromatic nitrogens is 2. The van der Waals surface area contributed by atoms with E-state index in [9.17, 15) is 4.79 Å². The van der Waals surface area contributed by atoms with Crippen molar-refractivity contribution in [3.05, 3.63) is 58.4 Å². The van der Waals surface area contributed by atoms with E-state index in [2.05, 4.69) is 10.3 Å². The topological polar surface area (TPSA) is 46.4 Å². The molecule has 0 atom stereocenters. The molecular weight excluding hydrogens is 302 g/mol. The number of amides is 1. The Bertz CT molecular complexity index is 920. The number of carbonyl (C=O) groups excluding carboxylic acids is 1. The molecule has 0 spiro atoms. The third-order valence-electron chi connectivity index (χ3n) is 3.26. The highest BCUT2D eigenvalue weighted by Gasteiger charge is 2.14. The lowest BCUT2D eigenvalue weighted by molar-refractivity contribution is 0.0955. The summed E-state index contributed by atoms with van der Waals surface area (Å²) in [5.41, 5.74) is 2.09. The number of imidazole rings is 1. The maximum Gasteiger partial charge on any atom is 0.261 e. The van der Waals surface area contributed by atoms with Gasteiger partial charge in [-0.15, -0.1) is 22.7 Å². The number of nitrogens with zero attached hydrogens (tertiary/aromatic N) is 2. The van der Waals surface area contributed by atoms with Gasteiger partial charge in [0.15, 0.2) is 4.96 Å². The minimum absolute atomic E-state index is 0.0502. The molecule has 0 aliphatic carbocycles. The van der Waals surface area contributed by atoms with Crippen molar-refractivity contribution in [3.63, 3.8) is 0 Å². The fourth-order valence-electron chi connectivity index (χ4n) is 2.22. The molecule has 0 aliphatic rings. The van der Waals surface area contributed by atoms with Crippen LogP contribution in [-0.4, -0.2) is 15.3 Å². The molecule has 104 valence electrons. The molecule has 0 unspecified atom stereocenters. The predicted octanol–water partition coefficient (Wildman–Crippen LogP) is 3.54. The summed E-state index contributed by atoms with van der Waals surface area (Å²) in [6.07, 6.45) is 1.98. The van der Waals surface area contributed by atoms with Crippen LogP contribution in [0.3, 0.4) is 0 Å². The number of thiazole rings is 1. The van der Waals surface area contributed by atoms with Crippen molar-refractivity contribution >= 4 is 43.9 Å². The number of nitrogens with one attached hydrogen (secondary N) is 1. The number of thiophene rings is 1. The first-order valence-electron chi connectivity index (χ1n) is 6.48. The third-order valence-corrected chi connectivity index (χ3v) is 5.03. The van der Waals surface area contributed by atoms with Gasteiger partial charge in [-0.25, -0.2) is 4.98 Å². The van der Waals surface area contributed by atoms with Gasteiger partial charge in [-0.3, -0.25) is 9.20 Å². The first-order valence-corrected chi connectivity index (χ1v) is 8.18. The van der Waals surface area contributed by atoms with E-state index in [1.165, 1.54) is 11.3 Å². The Morgan fingerprint density at radius 2 is 2.14 bits per heavy atom. The second kappa shape index (κ2) is 4.98. The first-order chi connectivity index (χ1) is 10.3. The van der Waals surface area contributed by atoms with E-state index in [-0.39, 0.29) is 5.91 Å². The summed E-state index contributed by atoms with van der Waals surface area (Å²) in [4.78, 5) is 19.3. The molecule has 1 N–H and O–H groups in total. The van der Waals surface area contributed by atoms with E-state index >= 15 is 0 Å². The fraction of sp³-hybridized carbons (Fsp3) is 0.0667. The molecule has 4 aromatic rings. The number of carbonyl (C=O) groups is 1. The Morgan fingerprint density at radius 3 is 3.00 bits per heavy atom. The van der Waals surface area contributed by atoms with Crippen LogP contribution in [-0.2, 0) is 6.54 Å². The van der Waals surface area contributed by atoms with Crippen LogP contribution >= 0.6 is 22.7 Å². The molecule has 0 fully saturated rings. The van der Waals surface area contributed by atoms with Crippen molar-refractivity contribution in [3.8, 4) is 0 Å². The molecule has 0 bridgehead atoms. The average Bonchev–Trinajstić information content (AvgIpc) is 3.17. The third kappa shape index (κ3) is 2.22. The Morgan fingerprint density at radius 1 is 1.29 bits per heavy atom. The maximum atomic E-state index is 12.2. The Kier molecular flexibility index (Phi) is 2.98. The summed E-state index contributed by atoms with van der Waals surface area (Å²) in [5.74, 6) is -0.0502. The summed E-state index contributed by atoms with van der Waals surface area (Å²) in [5, 5.41) is 4.94. The lowest BCUT2D eigenvalue weighted by Gasteiger charge is -2.03. The van der Waals surface area contributed by atoms with Gasteiger partial charge in [0.1, 0.15) is 4.83 Å². The van der Waals surface area contributed by atoms with Crippen molar-refractivity contribution in [2.45, 2.75) is 6.54 Å². The van der Waals surface area contributed by atoms with E-state index < -0.39 is 0 Å². The largest absolute Gasteiger partial charge is 0.347 e. The van der Waals surface area contributed by atoms with E-state index in [0.29, 0.717) is 11.4 Å². The van der Waals surface area contributed by atoms with Gasteiger partial charge in [0.05, 0.1) is 10.4 Å². The molecule has 0 radical (unpaired) electrons. The lowest BCUT2D eigenvalue weighted by atomic mass is 10.2. The van der Waals surface area contributed by atoms with Crippen LogP contribution in [0.2, 0.25) is 0 Å². The predicted molar refractivity (Wildman–Crippen MR) is 86.1 cm³/mol. The minimum Gasteiger partial charge on any atom is -0.347 e. The SMILES string of the molecule is O=C(NCc1ccccc1)c1cc2c(nc3sccn32)s1. The van der Waals surface area contributed by atoms with Gasteiger partial charge in [0, 0.05) is 18.1 Å². The number of fused-ring (bicyclic) bond motifs is 3. The van der Waals surface area contributed by atoms with Crippen LogP contribution < -0.4 is 5.32 Å². The second-order valence-electron chi connectivity index (χ2n) is 4.64. The molecule has 0 saturated carbocycles. The normalized spacial score (nSPS) is 11.2. The second-order valence-corrected chi connectivity index (χ2v) is 6.54. The highest BCUT2D eigenvalue weighted by molar-refractivity contribution is 7.21. The van der Waals surface area contributed by atoms with Crippen molar-refractivity contribution < 1.29 is 4.79 Å². The van der Waals surface area contributed by atoms with Crippen LogP contribution in [0.1, 0.15) is 15.2 Å². The number of rotatable bonds is 3. The molecule has 4 rings (SSSR count). The summed E-state index contributed by atoms with van der Waals surface area (Å²) >= 11 is 3.03. The van der Waals surface area contributed by atoms with Gasteiger partial charge in [0.2, 0.25) is 0 Å². The number of hydrogen-bond donors (Lipinski definition) is 1. The van der Waals surface area contributed by atoms with Crippen LogP contribution in [0.5, 0.6) is 0 Å². The van der Waals surface area contributed by atoms with Crippen LogP contribution in [0, 0.1) is 0 Å². The van der Waals surface area contributed by atoms with E-state index in [4.69, 9.17) is 0 Å². The number of benzene rings is 1. The van der Waals surface area contributed by atoms with Crippen LogP contribution in [0.25, 0.3) is 15.3 Å². The molecule has 6 heteroatoms. The van der Waals surface area contributed by atoms with E-state index in [1.807, 2.05) is 52.4 Å². The smallest absolute Gasteiger partial charge is 0.261 e. The van der Waals surface area contributed by atoms with Crippen molar-refractivity contribution in [2.75, 3.05) is 0 Å². The summed E-state index contributed by atoms with van der Waals surface area (Å²) in [7, 11) is 0. The molecule has 3 heterocycles. The van der Waals surface area contributed by atoms with Crippen molar-refractivity contribution in [2.24, 2.45) is 0 Å². The van der Waals surface area contributed by atoms with Gasteiger partial charge in [0.25, 0.3) is 5.91 Å². The summed E-state index contributed by atoms with van der Waals surface area (Å²) in [6, 6.07) is 11.8. The monoisotopic (exact) mass is 313 g/mol. The molecule has 0 saturated heterocycles. The van der Waals surface area contributed by atoms with Gasteiger partial charge in [-0.05, 0) is 11.6 Å². The summed E-state index contributed by atoms with van der Waals surface area (Å²) in [6.45, 7) is 0.538. The first kappa shape index (κ1) is 12.6. The standard InChI is InChI=1S/C15H11N3OS2/c19-13(16-9-10-4-2-1-3-5-10)12-8-11-14(21-12)17-15-18(11)6-7-20-15/h1-8H,9H2,(H,16,19).